The highest BCUT2D eigenvalue weighted by atomic mass is 32.2. The molecule has 1 unspecified atom stereocenters. The molecule has 1 aromatic carbocycles. The summed E-state index contributed by atoms with van der Waals surface area (Å²) in [4.78, 5) is 11.2. The summed E-state index contributed by atoms with van der Waals surface area (Å²) < 4.78 is 32.2. The fourth-order valence-corrected chi connectivity index (χ4v) is 3.73. The Hall–Kier alpha value is -1.60. The van der Waals surface area contributed by atoms with Crippen LogP contribution in [0.1, 0.15) is 23.6 Å². The van der Waals surface area contributed by atoms with E-state index in [0.29, 0.717) is 16.9 Å². The number of nitrogens with two attached hydrogens (primary N) is 1. The maximum absolute atomic E-state index is 12.4. The number of aryl methyl sites for hydroxylation is 1. The summed E-state index contributed by atoms with van der Waals surface area (Å²) >= 11 is 0. The molecule has 1 aromatic rings. The molecule has 0 fully saturated rings. The molecule has 0 aliphatic rings. The second-order valence-electron chi connectivity index (χ2n) is 4.72. The Balaban J connectivity index is 3.40. The zero-order chi connectivity index (χ0) is 15.7. The summed E-state index contributed by atoms with van der Waals surface area (Å²) in [6.45, 7) is 6.57. The van der Waals surface area contributed by atoms with Crippen molar-refractivity contribution in [1.82, 2.24) is 4.72 Å². The normalized spacial score (nSPS) is 13.1. The molecule has 0 saturated heterocycles. The first-order chi connectivity index (χ1) is 9.11. The highest BCUT2D eigenvalue weighted by Crippen LogP contribution is 2.30. The van der Waals surface area contributed by atoms with Gasteiger partial charge in [0.25, 0.3) is 0 Å². The number of rotatable bonds is 5. The Morgan fingerprint density at radius 2 is 1.85 bits per heavy atom. The lowest BCUT2D eigenvalue weighted by atomic mass is 10.1. The van der Waals surface area contributed by atoms with Crippen LogP contribution in [0.3, 0.4) is 0 Å². The molecule has 112 valence electrons. The number of hydrogen-bond acceptors (Lipinski definition) is 4. The van der Waals surface area contributed by atoms with E-state index in [-0.39, 0.29) is 4.90 Å². The monoisotopic (exact) mass is 300 g/mol. The van der Waals surface area contributed by atoms with E-state index in [2.05, 4.69) is 4.72 Å². The lowest BCUT2D eigenvalue weighted by Crippen LogP contribution is -2.42. The first-order valence-corrected chi connectivity index (χ1v) is 7.56. The molecule has 1 rings (SSSR count). The molecule has 6 nitrogen and oxygen atoms in total. The minimum absolute atomic E-state index is 0.156. The summed E-state index contributed by atoms with van der Waals surface area (Å²) in [7, 11) is -2.29. The van der Waals surface area contributed by atoms with E-state index < -0.39 is 22.0 Å². The van der Waals surface area contributed by atoms with Gasteiger partial charge in [0.15, 0.2) is 0 Å². The molecule has 0 aliphatic carbocycles. The molecule has 0 radical (unpaired) electrons. The maximum Gasteiger partial charge on any atom is 0.241 e. The van der Waals surface area contributed by atoms with Crippen LogP contribution >= 0.6 is 0 Å². The minimum Gasteiger partial charge on any atom is -0.496 e. The van der Waals surface area contributed by atoms with Crippen LogP contribution in [0.4, 0.5) is 0 Å². The van der Waals surface area contributed by atoms with E-state index in [0.717, 1.165) is 5.56 Å². The van der Waals surface area contributed by atoms with Crippen molar-refractivity contribution in [2.75, 3.05) is 7.11 Å². The number of ether oxygens (including phenoxy) is 1. The molecule has 1 amide bonds. The fraction of sp³-hybridized carbons (Fsp3) is 0.462. The van der Waals surface area contributed by atoms with Crippen molar-refractivity contribution in [2.45, 2.75) is 38.6 Å². The summed E-state index contributed by atoms with van der Waals surface area (Å²) in [5.74, 6) is -0.101. The number of amides is 1. The Morgan fingerprint density at radius 3 is 2.30 bits per heavy atom. The predicted octanol–water partition coefficient (Wildman–Crippen LogP) is 0.773. The third-order valence-electron chi connectivity index (χ3n) is 3.23. The second kappa shape index (κ2) is 5.80. The topological polar surface area (TPSA) is 98.5 Å². The fourth-order valence-electron chi connectivity index (χ4n) is 2.00. The zero-order valence-electron chi connectivity index (χ0n) is 12.3. The van der Waals surface area contributed by atoms with Gasteiger partial charge in [-0.25, -0.2) is 8.42 Å². The van der Waals surface area contributed by atoms with E-state index in [9.17, 15) is 13.2 Å². The smallest absolute Gasteiger partial charge is 0.241 e. The lowest BCUT2D eigenvalue weighted by molar-refractivity contribution is -0.119. The molecule has 7 heteroatoms. The molecule has 1 atom stereocenters. The van der Waals surface area contributed by atoms with Crippen molar-refractivity contribution < 1.29 is 17.9 Å². The standard InChI is InChI=1S/C13H20N2O4S/c1-7-6-11(19-5)8(2)9(3)12(7)20(17,18)15-10(4)13(14)16/h6,10,15H,1-5H3,(H2,14,16). The first kappa shape index (κ1) is 16.5. The van der Waals surface area contributed by atoms with Gasteiger partial charge in [0, 0.05) is 0 Å². The van der Waals surface area contributed by atoms with Crippen molar-refractivity contribution in [3.63, 3.8) is 0 Å². The number of carbonyl (C=O) groups excluding carboxylic acids is 1. The third-order valence-corrected chi connectivity index (χ3v) is 5.06. The summed E-state index contributed by atoms with van der Waals surface area (Å²) in [5.41, 5.74) is 6.97. The molecule has 0 spiro atoms. The predicted molar refractivity (Wildman–Crippen MR) is 76.2 cm³/mol. The van der Waals surface area contributed by atoms with Gasteiger partial charge in [0.2, 0.25) is 15.9 Å². The van der Waals surface area contributed by atoms with Gasteiger partial charge in [-0.2, -0.15) is 4.72 Å². The number of benzene rings is 1. The van der Waals surface area contributed by atoms with Gasteiger partial charge in [-0.05, 0) is 50.5 Å². The average Bonchev–Trinajstić information content (AvgIpc) is 2.32. The van der Waals surface area contributed by atoms with Crippen LogP contribution in [0, 0.1) is 20.8 Å². The largest absolute Gasteiger partial charge is 0.496 e. The van der Waals surface area contributed by atoms with Crippen molar-refractivity contribution >= 4 is 15.9 Å². The van der Waals surface area contributed by atoms with Gasteiger partial charge < -0.3 is 10.5 Å². The van der Waals surface area contributed by atoms with E-state index in [4.69, 9.17) is 10.5 Å². The maximum atomic E-state index is 12.4. The average molecular weight is 300 g/mol. The van der Waals surface area contributed by atoms with Gasteiger partial charge in [0.1, 0.15) is 5.75 Å². The number of sulfonamides is 1. The van der Waals surface area contributed by atoms with Gasteiger partial charge in [-0.1, -0.05) is 0 Å². The SMILES string of the molecule is COc1cc(C)c(S(=O)(=O)NC(C)C(N)=O)c(C)c1C. The van der Waals surface area contributed by atoms with Gasteiger partial charge >= 0.3 is 0 Å². The third kappa shape index (κ3) is 3.10. The van der Waals surface area contributed by atoms with Crippen LogP contribution in [0.5, 0.6) is 5.75 Å². The Bertz CT molecular complexity index is 638. The van der Waals surface area contributed by atoms with Crippen molar-refractivity contribution in [2.24, 2.45) is 5.73 Å². The Labute approximate surface area is 119 Å². The van der Waals surface area contributed by atoms with Crippen molar-refractivity contribution in [3.05, 3.63) is 22.8 Å². The zero-order valence-corrected chi connectivity index (χ0v) is 13.1. The van der Waals surface area contributed by atoms with Crippen molar-refractivity contribution in [1.29, 1.82) is 0 Å². The molecule has 3 N–H and O–H groups in total. The van der Waals surface area contributed by atoms with E-state index in [1.54, 1.807) is 26.8 Å². The minimum atomic E-state index is -3.82. The van der Waals surface area contributed by atoms with E-state index in [1.807, 2.05) is 0 Å². The molecule has 0 aromatic heterocycles. The molecule has 0 heterocycles. The molecule has 20 heavy (non-hydrogen) atoms. The summed E-state index contributed by atoms with van der Waals surface area (Å²) in [6.07, 6.45) is 0. The van der Waals surface area contributed by atoms with Gasteiger partial charge in [-0.3, -0.25) is 4.79 Å². The van der Waals surface area contributed by atoms with Gasteiger partial charge in [-0.15, -0.1) is 0 Å². The van der Waals surface area contributed by atoms with Crippen LogP contribution in [0.25, 0.3) is 0 Å². The summed E-state index contributed by atoms with van der Waals surface area (Å²) in [6, 6.07) is 0.687. The van der Waals surface area contributed by atoms with Crippen LogP contribution in [-0.4, -0.2) is 27.5 Å². The van der Waals surface area contributed by atoms with Gasteiger partial charge in [0.05, 0.1) is 18.0 Å². The van der Waals surface area contributed by atoms with Crippen LogP contribution in [0.2, 0.25) is 0 Å². The Morgan fingerprint density at radius 1 is 1.30 bits per heavy atom. The molecule has 0 aliphatic heterocycles. The quantitative estimate of drug-likeness (QED) is 0.839. The first-order valence-electron chi connectivity index (χ1n) is 6.08. The van der Waals surface area contributed by atoms with E-state index >= 15 is 0 Å². The second-order valence-corrected chi connectivity index (χ2v) is 6.37. The molecular weight excluding hydrogens is 280 g/mol. The highest BCUT2D eigenvalue weighted by molar-refractivity contribution is 7.89. The van der Waals surface area contributed by atoms with Crippen LogP contribution in [0.15, 0.2) is 11.0 Å². The number of hydrogen-bond donors (Lipinski definition) is 2. The van der Waals surface area contributed by atoms with Crippen LogP contribution in [-0.2, 0) is 14.8 Å². The van der Waals surface area contributed by atoms with E-state index in [1.165, 1.54) is 14.0 Å². The lowest BCUT2D eigenvalue weighted by Gasteiger charge is -2.18. The number of primary amides is 1. The highest BCUT2D eigenvalue weighted by Gasteiger charge is 2.25. The Kier molecular flexibility index (Phi) is 4.77. The van der Waals surface area contributed by atoms with Crippen molar-refractivity contribution in [3.8, 4) is 5.75 Å². The number of nitrogens with one attached hydrogen (secondary N) is 1. The number of methoxy groups -OCH3 is 1. The molecular formula is C13H20N2O4S. The molecule has 0 saturated carbocycles. The molecule has 0 bridgehead atoms. The number of carbonyl (C=O) groups is 1. The summed E-state index contributed by atoms with van der Waals surface area (Å²) in [5, 5.41) is 0. The van der Waals surface area contributed by atoms with Crippen LogP contribution < -0.4 is 15.2 Å².